The van der Waals surface area contributed by atoms with Gasteiger partial charge in [0.15, 0.2) is 5.82 Å². The van der Waals surface area contributed by atoms with Crippen LogP contribution in [0.25, 0.3) is 0 Å². The lowest BCUT2D eigenvalue weighted by Gasteiger charge is -2.08. The van der Waals surface area contributed by atoms with Gasteiger partial charge in [0.2, 0.25) is 11.1 Å². The Balaban J connectivity index is 1.76. The highest BCUT2D eigenvalue weighted by Crippen LogP contribution is 2.20. The maximum atomic E-state index is 11.8. The zero-order valence-electron chi connectivity index (χ0n) is 15.7. The molecule has 11 heteroatoms. The van der Waals surface area contributed by atoms with E-state index in [1.165, 1.54) is 11.8 Å². The summed E-state index contributed by atoms with van der Waals surface area (Å²) in [4.78, 5) is 22.8. The number of nitrogens with two attached hydrogens (primary N) is 1. The molecule has 1 amide bonds. The Bertz CT molecular complexity index is 798. The van der Waals surface area contributed by atoms with Gasteiger partial charge in [-0.2, -0.15) is 0 Å². The molecule has 1 heterocycles. The number of benzene rings is 1. The molecular weight excluding hydrogens is 386 g/mol. The largest absolute Gasteiger partial charge is 0.497 e. The first-order chi connectivity index (χ1) is 13.5. The maximum Gasteiger partial charge on any atom is 0.305 e. The monoisotopic (exact) mass is 409 g/mol. The first kappa shape index (κ1) is 21.4. The average Bonchev–Trinajstić information content (AvgIpc) is 3.07. The van der Waals surface area contributed by atoms with Crippen LogP contribution in [-0.2, 0) is 20.9 Å². The van der Waals surface area contributed by atoms with Crippen LogP contribution in [0.3, 0.4) is 0 Å². The number of nitrogen functional groups attached to an aromatic ring is 1. The fraction of sp³-hybridized carbons (Fsp3) is 0.412. The number of hydrogen-bond acceptors (Lipinski definition) is 9. The van der Waals surface area contributed by atoms with E-state index in [-0.39, 0.29) is 30.7 Å². The third-order valence-corrected chi connectivity index (χ3v) is 4.53. The minimum absolute atomic E-state index is 0.122. The highest BCUT2D eigenvalue weighted by molar-refractivity contribution is 7.99. The number of nitrogens with one attached hydrogen (secondary N) is 1. The molecule has 152 valence electrons. The molecule has 28 heavy (non-hydrogen) atoms. The molecule has 0 unspecified atom stereocenters. The van der Waals surface area contributed by atoms with Gasteiger partial charge in [-0.3, -0.25) is 9.59 Å². The maximum absolute atomic E-state index is 11.8. The number of carbonyl (C=O) groups is 2. The molecule has 10 nitrogen and oxygen atoms in total. The minimum Gasteiger partial charge on any atom is -0.497 e. The van der Waals surface area contributed by atoms with Gasteiger partial charge in [0.25, 0.3) is 0 Å². The number of amides is 1. The molecule has 0 saturated carbocycles. The summed E-state index contributed by atoms with van der Waals surface area (Å²) < 4.78 is 16.6. The number of hydrogen-bond donors (Lipinski definition) is 2. The molecule has 0 atom stereocenters. The molecule has 0 aliphatic carbocycles. The number of carbonyl (C=O) groups excluding carboxylic acids is 2. The van der Waals surface area contributed by atoms with Crippen molar-refractivity contribution in [2.75, 3.05) is 32.4 Å². The van der Waals surface area contributed by atoms with Crippen LogP contribution >= 0.6 is 11.8 Å². The first-order valence-corrected chi connectivity index (χ1v) is 9.44. The van der Waals surface area contributed by atoms with Crippen molar-refractivity contribution >= 4 is 23.6 Å². The van der Waals surface area contributed by atoms with Crippen molar-refractivity contribution in [3.63, 3.8) is 0 Å². The van der Waals surface area contributed by atoms with Crippen molar-refractivity contribution in [1.82, 2.24) is 20.2 Å². The predicted octanol–water partition coefficient (Wildman–Crippen LogP) is 0.741. The zero-order chi connectivity index (χ0) is 20.4. The van der Waals surface area contributed by atoms with Gasteiger partial charge < -0.3 is 25.4 Å². The Morgan fingerprint density at radius 3 is 2.79 bits per heavy atom. The highest BCUT2D eigenvalue weighted by atomic mass is 32.2. The highest BCUT2D eigenvalue weighted by Gasteiger charge is 2.13. The van der Waals surface area contributed by atoms with Crippen LogP contribution in [0.1, 0.15) is 18.7 Å². The van der Waals surface area contributed by atoms with Crippen LogP contribution < -0.4 is 20.6 Å². The number of aromatic nitrogens is 3. The van der Waals surface area contributed by atoms with Gasteiger partial charge in [-0.25, -0.2) is 4.68 Å². The van der Waals surface area contributed by atoms with Crippen molar-refractivity contribution in [2.24, 2.45) is 0 Å². The van der Waals surface area contributed by atoms with E-state index in [0.29, 0.717) is 35.4 Å². The van der Waals surface area contributed by atoms with Crippen LogP contribution in [0.2, 0.25) is 0 Å². The molecule has 1 aromatic heterocycles. The summed E-state index contributed by atoms with van der Waals surface area (Å²) in [7, 11) is 2.91. The lowest BCUT2D eigenvalue weighted by Crippen LogP contribution is -2.27. The molecule has 0 saturated heterocycles. The third-order valence-electron chi connectivity index (χ3n) is 3.58. The number of rotatable bonds is 11. The Hall–Kier alpha value is -2.95. The van der Waals surface area contributed by atoms with Gasteiger partial charge in [-0.15, -0.1) is 10.2 Å². The van der Waals surface area contributed by atoms with Crippen molar-refractivity contribution in [3.8, 4) is 11.5 Å². The summed E-state index contributed by atoms with van der Waals surface area (Å²) in [6.45, 7) is 0.514. The molecule has 0 bridgehead atoms. The molecule has 0 fully saturated rings. The Labute approximate surface area is 166 Å². The fourth-order valence-corrected chi connectivity index (χ4v) is 2.79. The number of methoxy groups -OCH3 is 2. The molecular formula is C17H23N5O5S. The van der Waals surface area contributed by atoms with E-state index < -0.39 is 0 Å². The van der Waals surface area contributed by atoms with Gasteiger partial charge in [0, 0.05) is 19.0 Å². The lowest BCUT2D eigenvalue weighted by molar-refractivity contribution is -0.140. The van der Waals surface area contributed by atoms with Crippen molar-refractivity contribution in [3.05, 3.63) is 30.1 Å². The second-order valence-electron chi connectivity index (χ2n) is 5.55. The fourth-order valence-electron chi connectivity index (χ4n) is 2.09. The van der Waals surface area contributed by atoms with Gasteiger partial charge in [-0.05, 0) is 18.6 Å². The summed E-state index contributed by atoms with van der Waals surface area (Å²) >= 11 is 1.16. The molecule has 2 aromatic rings. The van der Waals surface area contributed by atoms with Crippen LogP contribution in [0.15, 0.2) is 29.4 Å². The molecule has 3 N–H and O–H groups in total. The van der Waals surface area contributed by atoms with E-state index in [0.717, 1.165) is 11.8 Å². The van der Waals surface area contributed by atoms with Gasteiger partial charge in [0.05, 0.1) is 20.0 Å². The van der Waals surface area contributed by atoms with Crippen LogP contribution in [-0.4, -0.2) is 53.3 Å². The summed E-state index contributed by atoms with van der Waals surface area (Å²) in [5.41, 5.74) is 0. The van der Waals surface area contributed by atoms with E-state index in [1.54, 1.807) is 19.2 Å². The molecule has 2 rings (SSSR count). The normalized spacial score (nSPS) is 10.4. The topological polar surface area (TPSA) is 131 Å². The zero-order valence-corrected chi connectivity index (χ0v) is 16.5. The first-order valence-electron chi connectivity index (χ1n) is 8.46. The number of ether oxygens (including phenoxy) is 3. The molecule has 1 aromatic carbocycles. The summed E-state index contributed by atoms with van der Waals surface area (Å²) in [6.07, 6.45) is 0.777. The predicted molar refractivity (Wildman–Crippen MR) is 102 cm³/mol. The SMILES string of the molecule is COC(=O)CCCNC(=O)CSc1nnc(COc2cccc(OC)c2)n1N. The molecule has 0 aliphatic rings. The van der Waals surface area contributed by atoms with Crippen LogP contribution in [0.5, 0.6) is 11.5 Å². The summed E-state index contributed by atoms with van der Waals surface area (Å²) in [5, 5.41) is 11.1. The van der Waals surface area contributed by atoms with E-state index >= 15 is 0 Å². The second kappa shape index (κ2) is 11.0. The standard InChI is InChI=1S/C17H23N5O5S/c1-25-12-5-3-6-13(9-12)27-10-14-20-21-17(22(14)18)28-11-15(23)19-8-4-7-16(24)26-2/h3,5-6,9H,4,7-8,10-11,18H2,1-2H3,(H,19,23). The van der Waals surface area contributed by atoms with Crippen LogP contribution in [0, 0.1) is 0 Å². The Morgan fingerprint density at radius 2 is 2.04 bits per heavy atom. The van der Waals surface area contributed by atoms with Crippen LogP contribution in [0.4, 0.5) is 0 Å². The van der Waals surface area contributed by atoms with Gasteiger partial charge in [0.1, 0.15) is 18.1 Å². The van der Waals surface area contributed by atoms with Crippen molar-refractivity contribution < 1.29 is 23.8 Å². The number of nitrogens with zero attached hydrogens (tertiary/aromatic N) is 3. The number of thioether (sulfide) groups is 1. The van der Waals surface area contributed by atoms with E-state index in [9.17, 15) is 9.59 Å². The summed E-state index contributed by atoms with van der Waals surface area (Å²) in [5.74, 6) is 7.32. The van der Waals surface area contributed by atoms with E-state index in [4.69, 9.17) is 15.3 Å². The van der Waals surface area contributed by atoms with Gasteiger partial charge in [-0.1, -0.05) is 17.8 Å². The Kier molecular flexibility index (Phi) is 8.40. The molecule has 0 aliphatic heterocycles. The third kappa shape index (κ3) is 6.65. The second-order valence-corrected chi connectivity index (χ2v) is 6.50. The van der Waals surface area contributed by atoms with E-state index in [2.05, 4.69) is 20.3 Å². The smallest absolute Gasteiger partial charge is 0.305 e. The lowest BCUT2D eigenvalue weighted by atomic mass is 10.3. The van der Waals surface area contributed by atoms with Gasteiger partial charge >= 0.3 is 5.97 Å². The minimum atomic E-state index is -0.302. The number of esters is 1. The average molecular weight is 409 g/mol. The molecule has 0 radical (unpaired) electrons. The summed E-state index contributed by atoms with van der Waals surface area (Å²) in [6, 6.07) is 7.16. The quantitative estimate of drug-likeness (QED) is 0.239. The molecule has 0 spiro atoms. The van der Waals surface area contributed by atoms with E-state index in [1.807, 2.05) is 12.1 Å². The van der Waals surface area contributed by atoms with Crippen molar-refractivity contribution in [2.45, 2.75) is 24.6 Å². The Morgan fingerprint density at radius 1 is 1.25 bits per heavy atom. The van der Waals surface area contributed by atoms with Crippen molar-refractivity contribution in [1.29, 1.82) is 0 Å².